The third kappa shape index (κ3) is 3.28. The van der Waals surface area contributed by atoms with Crippen LogP contribution in [-0.2, 0) is 17.9 Å². The molecule has 1 amide bonds. The minimum absolute atomic E-state index is 0.0172. The molecule has 0 saturated carbocycles. The van der Waals surface area contributed by atoms with Crippen LogP contribution in [0.3, 0.4) is 0 Å². The summed E-state index contributed by atoms with van der Waals surface area (Å²) in [7, 11) is 0. The van der Waals surface area contributed by atoms with Crippen LogP contribution in [0.2, 0.25) is 0 Å². The zero-order chi connectivity index (χ0) is 15.4. The van der Waals surface area contributed by atoms with Crippen LogP contribution >= 0.6 is 0 Å². The molecule has 0 fully saturated rings. The van der Waals surface area contributed by atoms with Crippen molar-refractivity contribution in [2.24, 2.45) is 0 Å². The highest BCUT2D eigenvalue weighted by atomic mass is 16.4. The fourth-order valence-corrected chi connectivity index (χ4v) is 2.11. The van der Waals surface area contributed by atoms with Crippen LogP contribution in [0.1, 0.15) is 36.1 Å². The van der Waals surface area contributed by atoms with Gasteiger partial charge in [-0.15, -0.1) is 0 Å². The Labute approximate surface area is 121 Å². The van der Waals surface area contributed by atoms with E-state index < -0.39 is 5.97 Å². The van der Waals surface area contributed by atoms with Crippen molar-refractivity contribution >= 4 is 11.9 Å². The number of nitrogens with zero attached hydrogens (tertiary/aromatic N) is 4. The third-order valence-electron chi connectivity index (χ3n) is 3.10. The first-order valence-corrected chi connectivity index (χ1v) is 6.59. The van der Waals surface area contributed by atoms with Gasteiger partial charge in [-0.05, 0) is 26.0 Å². The molecule has 8 heteroatoms. The first kappa shape index (κ1) is 14.8. The molecule has 2 N–H and O–H groups in total. The molecule has 2 aromatic heterocycles. The maximum absolute atomic E-state index is 12.0. The highest BCUT2D eigenvalue weighted by molar-refractivity contribution is 5.86. The Morgan fingerprint density at radius 3 is 2.62 bits per heavy atom. The van der Waals surface area contributed by atoms with Crippen molar-refractivity contribution in [3.8, 4) is 0 Å². The maximum Gasteiger partial charge on any atom is 0.354 e. The van der Waals surface area contributed by atoms with Crippen LogP contribution < -0.4 is 5.32 Å². The number of carboxylic acids is 1. The van der Waals surface area contributed by atoms with Gasteiger partial charge in [-0.25, -0.2) is 9.48 Å². The standard InChI is InChI=1S/C13H17N5O3/c1-3-17-10(4-6-14-17)9(2)16-12(19)8-18-11(13(20)21)5-7-15-18/h4-7,9H,3,8H2,1-2H3,(H,16,19)(H,20,21). The normalized spacial score (nSPS) is 12.1. The number of aryl methyl sites for hydroxylation is 1. The number of carbonyl (C=O) groups excluding carboxylic acids is 1. The molecule has 0 aliphatic carbocycles. The van der Waals surface area contributed by atoms with E-state index in [0.717, 1.165) is 10.4 Å². The molecule has 2 heterocycles. The lowest BCUT2D eigenvalue weighted by Gasteiger charge is -2.15. The Bertz CT molecular complexity index is 646. The molecular formula is C13H17N5O3. The second kappa shape index (κ2) is 6.21. The van der Waals surface area contributed by atoms with Gasteiger partial charge in [0.25, 0.3) is 0 Å². The minimum atomic E-state index is -1.11. The highest BCUT2D eigenvalue weighted by Gasteiger charge is 2.16. The van der Waals surface area contributed by atoms with Gasteiger partial charge in [-0.1, -0.05) is 0 Å². The maximum atomic E-state index is 12.0. The topological polar surface area (TPSA) is 102 Å². The van der Waals surface area contributed by atoms with E-state index in [4.69, 9.17) is 5.11 Å². The van der Waals surface area contributed by atoms with E-state index in [1.165, 1.54) is 12.3 Å². The second-order valence-electron chi connectivity index (χ2n) is 4.54. The van der Waals surface area contributed by atoms with Crippen molar-refractivity contribution < 1.29 is 14.7 Å². The molecule has 0 saturated heterocycles. The number of carboxylic acid groups (broad SMARTS) is 1. The van der Waals surface area contributed by atoms with Crippen LogP contribution in [0.5, 0.6) is 0 Å². The average molecular weight is 291 g/mol. The van der Waals surface area contributed by atoms with Gasteiger partial charge in [0.15, 0.2) is 0 Å². The quantitative estimate of drug-likeness (QED) is 0.814. The zero-order valence-corrected chi connectivity index (χ0v) is 11.9. The molecule has 1 atom stereocenters. The van der Waals surface area contributed by atoms with Gasteiger partial charge in [0.1, 0.15) is 12.2 Å². The first-order chi connectivity index (χ1) is 10.0. The zero-order valence-electron chi connectivity index (χ0n) is 11.9. The minimum Gasteiger partial charge on any atom is -0.477 e. The van der Waals surface area contributed by atoms with E-state index in [0.29, 0.717) is 6.54 Å². The molecule has 0 spiro atoms. The molecule has 112 valence electrons. The molecule has 0 aliphatic rings. The Morgan fingerprint density at radius 2 is 1.95 bits per heavy atom. The lowest BCUT2D eigenvalue weighted by Crippen LogP contribution is -2.32. The van der Waals surface area contributed by atoms with Gasteiger partial charge in [-0.2, -0.15) is 10.2 Å². The predicted molar refractivity (Wildman–Crippen MR) is 73.6 cm³/mol. The summed E-state index contributed by atoms with van der Waals surface area (Å²) in [6, 6.07) is 2.97. The molecular weight excluding hydrogens is 274 g/mol. The average Bonchev–Trinajstić information content (AvgIpc) is 3.05. The Kier molecular flexibility index (Phi) is 4.36. The van der Waals surface area contributed by atoms with Gasteiger partial charge in [-0.3, -0.25) is 9.48 Å². The lowest BCUT2D eigenvalue weighted by atomic mass is 10.2. The van der Waals surface area contributed by atoms with Crippen LogP contribution in [0.25, 0.3) is 0 Å². The summed E-state index contributed by atoms with van der Waals surface area (Å²) in [6.07, 6.45) is 3.03. The van der Waals surface area contributed by atoms with Gasteiger partial charge in [0, 0.05) is 18.9 Å². The SMILES string of the molecule is CCn1nccc1C(C)NC(=O)Cn1nccc1C(=O)O. The molecule has 0 aromatic carbocycles. The van der Waals surface area contributed by atoms with Crippen molar-refractivity contribution in [1.82, 2.24) is 24.9 Å². The summed E-state index contributed by atoms with van der Waals surface area (Å²) >= 11 is 0. The van der Waals surface area contributed by atoms with Crippen LogP contribution in [0, 0.1) is 0 Å². The van der Waals surface area contributed by atoms with Gasteiger partial charge in [0.2, 0.25) is 5.91 Å². The predicted octanol–water partition coefficient (Wildman–Crippen LogP) is 0.675. The molecule has 0 radical (unpaired) electrons. The Balaban J connectivity index is 2.01. The number of nitrogens with one attached hydrogen (secondary N) is 1. The number of carbonyl (C=O) groups is 2. The number of aromatic carboxylic acids is 1. The van der Waals surface area contributed by atoms with Crippen LogP contribution in [0.4, 0.5) is 0 Å². The Hall–Kier alpha value is -2.64. The van der Waals surface area contributed by atoms with Gasteiger partial charge < -0.3 is 10.4 Å². The van der Waals surface area contributed by atoms with Crippen LogP contribution in [-0.4, -0.2) is 36.5 Å². The number of rotatable bonds is 6. The largest absolute Gasteiger partial charge is 0.477 e. The monoisotopic (exact) mass is 291 g/mol. The van der Waals surface area contributed by atoms with E-state index in [9.17, 15) is 9.59 Å². The van der Waals surface area contributed by atoms with E-state index in [-0.39, 0.29) is 24.2 Å². The van der Waals surface area contributed by atoms with Crippen molar-refractivity contribution in [2.45, 2.75) is 33.0 Å². The third-order valence-corrected chi connectivity index (χ3v) is 3.10. The molecule has 2 rings (SSSR count). The van der Waals surface area contributed by atoms with E-state index in [1.54, 1.807) is 10.9 Å². The van der Waals surface area contributed by atoms with E-state index in [2.05, 4.69) is 15.5 Å². The molecule has 2 aromatic rings. The summed E-state index contributed by atoms with van der Waals surface area (Å²) in [5.74, 6) is -1.42. The Morgan fingerprint density at radius 1 is 1.29 bits per heavy atom. The molecule has 1 unspecified atom stereocenters. The summed E-state index contributed by atoms with van der Waals surface area (Å²) < 4.78 is 2.95. The summed E-state index contributed by atoms with van der Waals surface area (Å²) in [4.78, 5) is 22.9. The summed E-state index contributed by atoms with van der Waals surface area (Å²) in [5, 5.41) is 19.8. The highest BCUT2D eigenvalue weighted by Crippen LogP contribution is 2.11. The number of hydrogen-bond donors (Lipinski definition) is 2. The summed E-state index contributed by atoms with van der Waals surface area (Å²) in [6.45, 7) is 4.39. The smallest absolute Gasteiger partial charge is 0.354 e. The molecule has 21 heavy (non-hydrogen) atoms. The van der Waals surface area contributed by atoms with Crippen molar-refractivity contribution in [3.05, 3.63) is 35.9 Å². The molecule has 8 nitrogen and oxygen atoms in total. The van der Waals surface area contributed by atoms with E-state index >= 15 is 0 Å². The van der Waals surface area contributed by atoms with Gasteiger partial charge >= 0.3 is 5.97 Å². The van der Waals surface area contributed by atoms with E-state index in [1.807, 2.05) is 19.9 Å². The first-order valence-electron chi connectivity index (χ1n) is 6.59. The number of aromatic nitrogens is 4. The summed E-state index contributed by atoms with van der Waals surface area (Å²) in [5.41, 5.74) is 0.876. The fraction of sp³-hybridized carbons (Fsp3) is 0.385. The lowest BCUT2D eigenvalue weighted by molar-refractivity contribution is -0.122. The van der Waals surface area contributed by atoms with Crippen molar-refractivity contribution in [3.63, 3.8) is 0 Å². The molecule has 0 bridgehead atoms. The number of amides is 1. The van der Waals surface area contributed by atoms with Crippen LogP contribution in [0.15, 0.2) is 24.5 Å². The molecule has 0 aliphatic heterocycles. The fourth-order valence-electron chi connectivity index (χ4n) is 2.11. The van der Waals surface area contributed by atoms with Gasteiger partial charge in [0.05, 0.1) is 11.7 Å². The second-order valence-corrected chi connectivity index (χ2v) is 4.54. The number of hydrogen-bond acceptors (Lipinski definition) is 4. The van der Waals surface area contributed by atoms with Crippen molar-refractivity contribution in [2.75, 3.05) is 0 Å². The van der Waals surface area contributed by atoms with Crippen molar-refractivity contribution in [1.29, 1.82) is 0 Å².